The van der Waals surface area contributed by atoms with Crippen molar-refractivity contribution in [1.82, 2.24) is 10.1 Å². The first kappa shape index (κ1) is 16.7. The maximum atomic E-state index is 12.0. The number of aromatic nitrogens is 2. The van der Waals surface area contributed by atoms with Crippen LogP contribution in [-0.2, 0) is 21.2 Å². The van der Waals surface area contributed by atoms with E-state index in [1.807, 2.05) is 0 Å². The minimum atomic E-state index is -3.30. The van der Waals surface area contributed by atoms with Crippen molar-refractivity contribution in [2.75, 3.05) is 21.9 Å². The second-order valence-electron chi connectivity index (χ2n) is 5.36. The molecule has 3 rings (SSSR count). The summed E-state index contributed by atoms with van der Waals surface area (Å²) in [5.41, 5.74) is 0.881. The predicted octanol–water partition coefficient (Wildman–Crippen LogP) is 1.75. The van der Waals surface area contributed by atoms with Gasteiger partial charge in [0.1, 0.15) is 0 Å². The molecule has 10 heteroatoms. The first-order valence-electron chi connectivity index (χ1n) is 7.24. The standard InChI is InChI=1S/C14H15ClN4O4S/c1-9-16-13(18-23-9)8-14(20)17-10-3-4-12(11(15)7-10)19-5-2-6-24(19,21)22/h3-4,7H,2,5-6,8H2,1H3,(H,17,20). The van der Waals surface area contributed by atoms with Crippen LogP contribution in [-0.4, -0.2) is 36.8 Å². The molecule has 1 aromatic heterocycles. The van der Waals surface area contributed by atoms with E-state index in [9.17, 15) is 13.2 Å². The maximum absolute atomic E-state index is 12.0. The predicted molar refractivity (Wildman–Crippen MR) is 88.6 cm³/mol. The number of halogens is 1. The van der Waals surface area contributed by atoms with Crippen molar-refractivity contribution in [3.8, 4) is 0 Å². The van der Waals surface area contributed by atoms with Gasteiger partial charge in [0.25, 0.3) is 0 Å². The molecule has 0 atom stereocenters. The molecule has 1 aliphatic rings. The Morgan fingerprint density at radius 3 is 2.83 bits per heavy atom. The van der Waals surface area contributed by atoms with E-state index in [-0.39, 0.29) is 28.9 Å². The van der Waals surface area contributed by atoms with Crippen molar-refractivity contribution in [3.63, 3.8) is 0 Å². The molecule has 0 spiro atoms. The molecule has 24 heavy (non-hydrogen) atoms. The number of rotatable bonds is 4. The fourth-order valence-electron chi connectivity index (χ4n) is 2.46. The van der Waals surface area contributed by atoms with Crippen LogP contribution in [0.4, 0.5) is 11.4 Å². The largest absolute Gasteiger partial charge is 0.340 e. The lowest BCUT2D eigenvalue weighted by Gasteiger charge is -2.18. The first-order valence-corrected chi connectivity index (χ1v) is 9.23. The Kier molecular flexibility index (Phi) is 4.46. The lowest BCUT2D eigenvalue weighted by molar-refractivity contribution is -0.115. The van der Waals surface area contributed by atoms with E-state index < -0.39 is 10.0 Å². The lowest BCUT2D eigenvalue weighted by atomic mass is 10.2. The van der Waals surface area contributed by atoms with Crippen LogP contribution in [0.3, 0.4) is 0 Å². The number of amides is 1. The second-order valence-corrected chi connectivity index (χ2v) is 7.78. The second kappa shape index (κ2) is 6.40. The number of benzene rings is 1. The molecule has 0 bridgehead atoms. The molecule has 1 aromatic carbocycles. The van der Waals surface area contributed by atoms with Crippen LogP contribution >= 0.6 is 11.6 Å². The van der Waals surface area contributed by atoms with Gasteiger partial charge >= 0.3 is 0 Å². The van der Waals surface area contributed by atoms with Gasteiger partial charge in [0.2, 0.25) is 21.8 Å². The number of sulfonamides is 1. The number of carbonyl (C=O) groups excluding carboxylic acids is 1. The van der Waals surface area contributed by atoms with Gasteiger partial charge in [-0.05, 0) is 24.6 Å². The highest BCUT2D eigenvalue weighted by molar-refractivity contribution is 7.93. The van der Waals surface area contributed by atoms with E-state index in [1.165, 1.54) is 10.4 Å². The number of nitrogens with zero attached hydrogens (tertiary/aromatic N) is 3. The summed E-state index contributed by atoms with van der Waals surface area (Å²) >= 11 is 6.19. The SMILES string of the molecule is Cc1nc(CC(=O)Nc2ccc(N3CCCS3(=O)=O)c(Cl)c2)no1. The van der Waals surface area contributed by atoms with Crippen molar-refractivity contribution >= 4 is 38.9 Å². The summed E-state index contributed by atoms with van der Waals surface area (Å²) in [6, 6.07) is 4.71. The van der Waals surface area contributed by atoms with Gasteiger partial charge in [-0.25, -0.2) is 8.42 Å². The number of anilines is 2. The molecule has 1 fully saturated rings. The smallest absolute Gasteiger partial charge is 0.235 e. The number of nitrogens with one attached hydrogen (secondary N) is 1. The van der Waals surface area contributed by atoms with Crippen molar-refractivity contribution in [1.29, 1.82) is 0 Å². The molecule has 2 heterocycles. The van der Waals surface area contributed by atoms with E-state index in [4.69, 9.17) is 16.1 Å². The average molecular weight is 371 g/mol. The molecule has 2 aromatic rings. The average Bonchev–Trinajstić information content (AvgIpc) is 3.04. The molecule has 0 radical (unpaired) electrons. The summed E-state index contributed by atoms with van der Waals surface area (Å²) in [4.78, 5) is 15.9. The van der Waals surface area contributed by atoms with Gasteiger partial charge in [-0.2, -0.15) is 4.98 Å². The number of carbonyl (C=O) groups is 1. The zero-order chi connectivity index (χ0) is 17.3. The Morgan fingerprint density at radius 1 is 1.46 bits per heavy atom. The third kappa shape index (κ3) is 3.51. The highest BCUT2D eigenvalue weighted by atomic mass is 35.5. The Bertz CT molecular complexity index is 881. The minimum Gasteiger partial charge on any atom is -0.340 e. The Morgan fingerprint density at radius 2 is 2.25 bits per heavy atom. The van der Waals surface area contributed by atoms with Crippen LogP contribution in [0.2, 0.25) is 5.02 Å². The van der Waals surface area contributed by atoms with E-state index in [2.05, 4.69) is 15.5 Å². The lowest BCUT2D eigenvalue weighted by Crippen LogP contribution is -2.25. The molecule has 1 saturated heterocycles. The van der Waals surface area contributed by atoms with Crippen molar-refractivity contribution in [2.24, 2.45) is 0 Å². The Labute approximate surface area is 143 Å². The summed E-state index contributed by atoms with van der Waals surface area (Å²) in [6.45, 7) is 2.05. The van der Waals surface area contributed by atoms with Gasteiger partial charge in [0.15, 0.2) is 5.82 Å². The normalized spacial score (nSPS) is 16.3. The van der Waals surface area contributed by atoms with E-state index >= 15 is 0 Å². The quantitative estimate of drug-likeness (QED) is 0.878. The van der Waals surface area contributed by atoms with Crippen LogP contribution in [0, 0.1) is 6.92 Å². The molecule has 128 valence electrons. The maximum Gasteiger partial charge on any atom is 0.235 e. The number of hydrogen-bond donors (Lipinski definition) is 1. The number of aryl methyl sites for hydroxylation is 1. The third-order valence-corrected chi connectivity index (χ3v) is 5.65. The minimum absolute atomic E-state index is 0.0305. The van der Waals surface area contributed by atoms with Gasteiger partial charge < -0.3 is 9.84 Å². The van der Waals surface area contributed by atoms with Gasteiger partial charge in [-0.15, -0.1) is 0 Å². The summed E-state index contributed by atoms with van der Waals surface area (Å²) in [7, 11) is -3.30. The molecule has 0 aliphatic carbocycles. The Hall–Kier alpha value is -2.13. The van der Waals surface area contributed by atoms with Gasteiger partial charge in [-0.3, -0.25) is 9.10 Å². The molecule has 1 aliphatic heterocycles. The van der Waals surface area contributed by atoms with Crippen LogP contribution in [0.5, 0.6) is 0 Å². The number of hydrogen-bond acceptors (Lipinski definition) is 6. The fraction of sp³-hybridized carbons (Fsp3) is 0.357. The highest BCUT2D eigenvalue weighted by Gasteiger charge is 2.29. The molecule has 8 nitrogen and oxygen atoms in total. The zero-order valence-electron chi connectivity index (χ0n) is 12.8. The Balaban J connectivity index is 1.71. The monoisotopic (exact) mass is 370 g/mol. The van der Waals surface area contributed by atoms with Gasteiger partial charge in [0.05, 0.1) is 22.9 Å². The molecule has 1 N–H and O–H groups in total. The van der Waals surface area contributed by atoms with Crippen molar-refractivity contribution in [2.45, 2.75) is 19.8 Å². The van der Waals surface area contributed by atoms with Gasteiger partial charge in [-0.1, -0.05) is 16.8 Å². The van der Waals surface area contributed by atoms with Crippen LogP contribution in [0.25, 0.3) is 0 Å². The molecule has 0 saturated carbocycles. The zero-order valence-corrected chi connectivity index (χ0v) is 14.4. The topological polar surface area (TPSA) is 105 Å². The van der Waals surface area contributed by atoms with Crippen molar-refractivity contribution < 1.29 is 17.7 Å². The van der Waals surface area contributed by atoms with Crippen LogP contribution < -0.4 is 9.62 Å². The third-order valence-electron chi connectivity index (χ3n) is 3.49. The molecule has 1 amide bonds. The van der Waals surface area contributed by atoms with Crippen molar-refractivity contribution in [3.05, 3.63) is 34.9 Å². The highest BCUT2D eigenvalue weighted by Crippen LogP contribution is 2.33. The molecular formula is C14H15ClN4O4S. The van der Waals surface area contributed by atoms with E-state index in [0.717, 1.165) is 0 Å². The van der Waals surface area contributed by atoms with Crippen LogP contribution in [0.1, 0.15) is 18.1 Å². The van der Waals surface area contributed by atoms with Gasteiger partial charge in [0, 0.05) is 19.2 Å². The fourth-order valence-corrected chi connectivity index (χ4v) is 4.37. The summed E-state index contributed by atoms with van der Waals surface area (Å²) in [5, 5.41) is 6.57. The molecular weight excluding hydrogens is 356 g/mol. The van der Waals surface area contributed by atoms with Crippen LogP contribution in [0.15, 0.2) is 22.7 Å². The van der Waals surface area contributed by atoms with E-state index in [0.29, 0.717) is 30.2 Å². The molecule has 0 unspecified atom stereocenters. The summed E-state index contributed by atoms with van der Waals surface area (Å²) < 4.78 is 30.0. The first-order chi connectivity index (χ1) is 11.3. The summed E-state index contributed by atoms with van der Waals surface area (Å²) in [5.74, 6) is 0.465. The summed E-state index contributed by atoms with van der Waals surface area (Å²) in [6.07, 6.45) is 0.540. The van der Waals surface area contributed by atoms with E-state index in [1.54, 1.807) is 19.1 Å².